The van der Waals surface area contributed by atoms with E-state index in [1.165, 1.54) is 34.6 Å². The van der Waals surface area contributed by atoms with Crippen LogP contribution in [-0.2, 0) is 10.0 Å². The molecule has 0 bridgehead atoms. The van der Waals surface area contributed by atoms with Gasteiger partial charge in [0.15, 0.2) is 0 Å². The highest BCUT2D eigenvalue weighted by molar-refractivity contribution is 7.89. The molecule has 1 N–H and O–H groups in total. The van der Waals surface area contributed by atoms with E-state index in [1.54, 1.807) is 0 Å². The average molecular weight is 393 g/mol. The van der Waals surface area contributed by atoms with Gasteiger partial charge in [0.05, 0.1) is 11.1 Å². The summed E-state index contributed by atoms with van der Waals surface area (Å²) in [6, 6.07) is 8.59. The van der Waals surface area contributed by atoms with Crippen molar-refractivity contribution in [3.05, 3.63) is 65.2 Å². The number of carbonyl (C=O) groups is 1. The van der Waals surface area contributed by atoms with Crippen LogP contribution in [0.25, 0.3) is 0 Å². The lowest BCUT2D eigenvalue weighted by molar-refractivity contribution is 0.0955. The van der Waals surface area contributed by atoms with E-state index >= 15 is 0 Å². The molecule has 2 aromatic rings. The molecular formula is C18H17F2N3O3S. The fourth-order valence-corrected chi connectivity index (χ4v) is 4.27. The smallest absolute Gasteiger partial charge is 0.267 e. The first-order valence-corrected chi connectivity index (χ1v) is 9.70. The van der Waals surface area contributed by atoms with E-state index in [4.69, 9.17) is 0 Å². The number of rotatable bonds is 5. The Morgan fingerprint density at radius 3 is 2.56 bits per heavy atom. The van der Waals surface area contributed by atoms with Crippen molar-refractivity contribution in [1.82, 2.24) is 9.73 Å². The fraction of sp³-hybridized carbons (Fsp3) is 0.222. The number of hydrogen-bond acceptors (Lipinski definition) is 4. The maximum atomic E-state index is 13.5. The lowest BCUT2D eigenvalue weighted by Crippen LogP contribution is -2.28. The highest BCUT2D eigenvalue weighted by Crippen LogP contribution is 2.21. The second-order valence-electron chi connectivity index (χ2n) is 6.00. The minimum atomic E-state index is -3.64. The molecule has 0 saturated carbocycles. The Kier molecular flexibility index (Phi) is 5.62. The van der Waals surface area contributed by atoms with Crippen LogP contribution >= 0.6 is 0 Å². The van der Waals surface area contributed by atoms with Crippen LogP contribution in [0, 0.1) is 11.6 Å². The highest BCUT2D eigenvalue weighted by atomic mass is 32.2. The van der Waals surface area contributed by atoms with Gasteiger partial charge in [0.25, 0.3) is 5.91 Å². The van der Waals surface area contributed by atoms with E-state index in [-0.39, 0.29) is 16.0 Å². The summed E-state index contributed by atoms with van der Waals surface area (Å²) in [6.45, 7) is 0.929. The molecule has 1 heterocycles. The molecule has 0 atom stereocenters. The summed E-state index contributed by atoms with van der Waals surface area (Å²) in [4.78, 5) is 12.2. The van der Waals surface area contributed by atoms with Crippen molar-refractivity contribution in [2.75, 3.05) is 13.1 Å². The number of amides is 1. The number of hydrazone groups is 1. The van der Waals surface area contributed by atoms with Crippen LogP contribution in [0.3, 0.4) is 0 Å². The first-order valence-electron chi connectivity index (χ1n) is 8.26. The molecule has 9 heteroatoms. The first kappa shape index (κ1) is 19.1. The Balaban J connectivity index is 1.73. The van der Waals surface area contributed by atoms with Crippen molar-refractivity contribution in [3.8, 4) is 0 Å². The Labute approximate surface area is 155 Å². The summed E-state index contributed by atoms with van der Waals surface area (Å²) in [5.41, 5.74) is 2.30. The predicted molar refractivity (Wildman–Crippen MR) is 95.9 cm³/mol. The minimum absolute atomic E-state index is 0.00191. The number of nitrogens with zero attached hydrogens (tertiary/aromatic N) is 2. The van der Waals surface area contributed by atoms with Gasteiger partial charge in [-0.1, -0.05) is 6.07 Å². The summed E-state index contributed by atoms with van der Waals surface area (Å²) in [5, 5.41) is 3.63. The molecule has 2 aromatic carbocycles. The Morgan fingerprint density at radius 1 is 1.11 bits per heavy atom. The lowest BCUT2D eigenvalue weighted by Gasteiger charge is -2.15. The molecule has 27 heavy (non-hydrogen) atoms. The van der Waals surface area contributed by atoms with Gasteiger partial charge in [-0.15, -0.1) is 0 Å². The van der Waals surface area contributed by atoms with Crippen LogP contribution in [-0.4, -0.2) is 37.9 Å². The van der Waals surface area contributed by atoms with E-state index in [1.807, 2.05) is 0 Å². The zero-order valence-corrected chi connectivity index (χ0v) is 15.0. The molecule has 1 aliphatic heterocycles. The summed E-state index contributed by atoms with van der Waals surface area (Å²) < 4.78 is 52.9. The van der Waals surface area contributed by atoms with Crippen LogP contribution in [0.4, 0.5) is 8.78 Å². The summed E-state index contributed by atoms with van der Waals surface area (Å²) >= 11 is 0. The molecule has 0 radical (unpaired) electrons. The van der Waals surface area contributed by atoms with Crippen LogP contribution in [0.1, 0.15) is 28.8 Å². The molecule has 0 spiro atoms. The second-order valence-corrected chi connectivity index (χ2v) is 7.94. The third-order valence-corrected chi connectivity index (χ3v) is 6.03. The van der Waals surface area contributed by atoms with Crippen LogP contribution in [0.2, 0.25) is 0 Å². The summed E-state index contributed by atoms with van der Waals surface area (Å²) in [6.07, 6.45) is 2.67. The van der Waals surface area contributed by atoms with Crippen LogP contribution in [0.15, 0.2) is 52.5 Å². The molecule has 6 nitrogen and oxygen atoms in total. The van der Waals surface area contributed by atoms with Gasteiger partial charge in [-0.2, -0.15) is 9.41 Å². The third kappa shape index (κ3) is 4.37. The standard InChI is InChI=1S/C18H17F2N3O3S/c19-15-7-6-14(17(20)11-15)12-21-22-18(24)13-4-3-5-16(10-13)27(25,26)23-8-1-2-9-23/h3-7,10-12H,1-2,8-9H2,(H,22,24)/b21-12-. The molecule has 3 rings (SSSR count). The lowest BCUT2D eigenvalue weighted by atomic mass is 10.2. The maximum absolute atomic E-state index is 13.5. The fourth-order valence-electron chi connectivity index (χ4n) is 2.71. The van der Waals surface area contributed by atoms with Crippen LogP contribution < -0.4 is 5.43 Å². The van der Waals surface area contributed by atoms with Crippen molar-refractivity contribution < 1.29 is 22.0 Å². The average Bonchev–Trinajstić information content (AvgIpc) is 3.19. The van der Waals surface area contributed by atoms with E-state index in [9.17, 15) is 22.0 Å². The SMILES string of the molecule is O=C(N/N=C\c1ccc(F)cc1F)c1cccc(S(=O)(=O)N2CCCC2)c1. The highest BCUT2D eigenvalue weighted by Gasteiger charge is 2.27. The predicted octanol–water partition coefficient (Wildman–Crippen LogP) is 2.51. The van der Waals surface area contributed by atoms with Crippen LogP contribution in [0.5, 0.6) is 0 Å². The molecule has 1 amide bonds. The maximum Gasteiger partial charge on any atom is 0.271 e. The zero-order chi connectivity index (χ0) is 19.4. The van der Waals surface area contributed by atoms with Gasteiger partial charge in [0, 0.05) is 30.3 Å². The van der Waals surface area contributed by atoms with Gasteiger partial charge < -0.3 is 0 Å². The van der Waals surface area contributed by atoms with Gasteiger partial charge in [0.1, 0.15) is 11.6 Å². The Morgan fingerprint density at radius 2 is 1.85 bits per heavy atom. The molecule has 142 valence electrons. The zero-order valence-electron chi connectivity index (χ0n) is 14.2. The molecule has 0 unspecified atom stereocenters. The number of halogens is 2. The van der Waals surface area contributed by atoms with E-state index < -0.39 is 27.6 Å². The monoisotopic (exact) mass is 393 g/mol. The van der Waals surface area contributed by atoms with E-state index in [2.05, 4.69) is 10.5 Å². The van der Waals surface area contributed by atoms with E-state index in [0.717, 1.165) is 25.1 Å². The van der Waals surface area contributed by atoms with Gasteiger partial charge in [0.2, 0.25) is 10.0 Å². The molecular weight excluding hydrogens is 376 g/mol. The van der Waals surface area contributed by atoms with Gasteiger partial charge in [-0.25, -0.2) is 22.6 Å². The second kappa shape index (κ2) is 7.93. The largest absolute Gasteiger partial charge is 0.271 e. The third-order valence-electron chi connectivity index (χ3n) is 4.13. The summed E-state index contributed by atoms with van der Waals surface area (Å²) in [5.74, 6) is -2.18. The number of nitrogens with one attached hydrogen (secondary N) is 1. The minimum Gasteiger partial charge on any atom is -0.267 e. The van der Waals surface area contributed by atoms with Crippen molar-refractivity contribution in [2.24, 2.45) is 5.10 Å². The van der Waals surface area contributed by atoms with Gasteiger partial charge in [-0.05, 0) is 43.2 Å². The number of hydrogen-bond donors (Lipinski definition) is 1. The molecule has 1 aliphatic rings. The van der Waals surface area contributed by atoms with Gasteiger partial charge >= 0.3 is 0 Å². The number of sulfonamides is 1. The molecule has 0 aromatic heterocycles. The Bertz CT molecular complexity index is 987. The number of carbonyl (C=O) groups excluding carboxylic acids is 1. The van der Waals surface area contributed by atoms with Crippen molar-refractivity contribution in [3.63, 3.8) is 0 Å². The van der Waals surface area contributed by atoms with Gasteiger partial charge in [-0.3, -0.25) is 4.79 Å². The molecule has 1 fully saturated rings. The quantitative estimate of drug-likeness (QED) is 0.626. The molecule has 1 saturated heterocycles. The number of benzene rings is 2. The van der Waals surface area contributed by atoms with Crippen molar-refractivity contribution >= 4 is 22.1 Å². The van der Waals surface area contributed by atoms with Crippen molar-refractivity contribution in [1.29, 1.82) is 0 Å². The van der Waals surface area contributed by atoms with Crippen molar-refractivity contribution in [2.45, 2.75) is 17.7 Å². The molecule has 0 aliphatic carbocycles. The topological polar surface area (TPSA) is 78.8 Å². The normalized spacial score (nSPS) is 15.3. The Hall–Kier alpha value is -2.65. The van der Waals surface area contributed by atoms with E-state index in [0.29, 0.717) is 19.2 Å². The first-order chi connectivity index (χ1) is 12.9. The summed E-state index contributed by atoms with van der Waals surface area (Å²) in [7, 11) is -3.64.